The molecule has 18 heavy (non-hydrogen) atoms. The lowest BCUT2D eigenvalue weighted by molar-refractivity contribution is 0.409. The molecular weight excluding hydrogens is 224 g/mol. The van der Waals surface area contributed by atoms with Gasteiger partial charge in [-0.25, -0.2) is 0 Å². The Balaban J connectivity index is 2.15. The lowest BCUT2D eigenvalue weighted by Crippen LogP contribution is -2.00. The highest BCUT2D eigenvalue weighted by molar-refractivity contribution is 5.45. The van der Waals surface area contributed by atoms with Crippen molar-refractivity contribution in [3.63, 3.8) is 0 Å². The third-order valence-electron chi connectivity index (χ3n) is 3.04. The van der Waals surface area contributed by atoms with E-state index in [1.165, 1.54) is 11.1 Å². The van der Waals surface area contributed by atoms with Crippen LogP contribution in [0, 0.1) is 6.92 Å². The van der Waals surface area contributed by atoms with E-state index in [0.29, 0.717) is 0 Å². The summed E-state index contributed by atoms with van der Waals surface area (Å²) in [6.07, 6.45) is 5.32. The Hall–Kier alpha value is -2.03. The van der Waals surface area contributed by atoms with Gasteiger partial charge in [0.25, 0.3) is 0 Å². The first-order valence-electron chi connectivity index (χ1n) is 6.02. The lowest BCUT2D eigenvalue weighted by Gasteiger charge is -2.10. The van der Waals surface area contributed by atoms with Crippen LogP contribution in [-0.4, -0.2) is 12.1 Å². The molecule has 1 heterocycles. The second kappa shape index (κ2) is 5.54. The molecule has 0 bridgehead atoms. The third kappa shape index (κ3) is 2.80. The summed E-state index contributed by atoms with van der Waals surface area (Å²) in [6.45, 7) is 2.08. The van der Waals surface area contributed by atoms with Gasteiger partial charge in [0.2, 0.25) is 0 Å². The summed E-state index contributed by atoms with van der Waals surface area (Å²) in [7, 11) is 1.70. The minimum absolute atomic E-state index is 0.802. The number of nitrogens with two attached hydrogens (primary N) is 1. The maximum absolute atomic E-state index is 5.91. The number of hydrogen-bond acceptors (Lipinski definition) is 3. The van der Waals surface area contributed by atoms with Gasteiger partial charge in [0.1, 0.15) is 5.75 Å². The first-order valence-corrected chi connectivity index (χ1v) is 6.02. The van der Waals surface area contributed by atoms with Gasteiger partial charge in [0, 0.05) is 18.1 Å². The van der Waals surface area contributed by atoms with Crippen molar-refractivity contribution in [3.8, 4) is 5.75 Å². The SMILES string of the molecule is COc1ccc(C)cc1CCc1cnccc1N. The smallest absolute Gasteiger partial charge is 0.122 e. The second-order valence-corrected chi connectivity index (χ2v) is 4.39. The Kier molecular flexibility index (Phi) is 3.82. The number of ether oxygens (including phenoxy) is 1. The molecule has 0 fully saturated rings. The van der Waals surface area contributed by atoms with Gasteiger partial charge < -0.3 is 10.5 Å². The molecule has 3 heteroatoms. The van der Waals surface area contributed by atoms with Crippen LogP contribution in [0.1, 0.15) is 16.7 Å². The highest BCUT2D eigenvalue weighted by Gasteiger charge is 2.05. The molecule has 0 aliphatic heterocycles. The topological polar surface area (TPSA) is 48.1 Å². The van der Waals surface area contributed by atoms with Gasteiger partial charge in [-0.2, -0.15) is 0 Å². The minimum Gasteiger partial charge on any atom is -0.496 e. The highest BCUT2D eigenvalue weighted by Crippen LogP contribution is 2.22. The van der Waals surface area contributed by atoms with E-state index in [1.54, 1.807) is 13.3 Å². The number of pyridine rings is 1. The molecule has 0 unspecified atom stereocenters. The molecule has 0 spiro atoms. The fourth-order valence-electron chi connectivity index (χ4n) is 2.02. The Labute approximate surface area is 108 Å². The van der Waals surface area contributed by atoms with E-state index in [1.807, 2.05) is 18.3 Å². The van der Waals surface area contributed by atoms with E-state index in [-0.39, 0.29) is 0 Å². The fourth-order valence-corrected chi connectivity index (χ4v) is 2.02. The summed E-state index contributed by atoms with van der Waals surface area (Å²) < 4.78 is 5.37. The molecule has 3 nitrogen and oxygen atoms in total. The molecular formula is C15H18N2O. The molecule has 1 aromatic carbocycles. The van der Waals surface area contributed by atoms with E-state index < -0.39 is 0 Å². The van der Waals surface area contributed by atoms with E-state index in [2.05, 4.69) is 24.0 Å². The maximum atomic E-state index is 5.91. The van der Waals surface area contributed by atoms with Crippen LogP contribution in [0.25, 0.3) is 0 Å². The number of aromatic nitrogens is 1. The Morgan fingerprint density at radius 1 is 1.17 bits per heavy atom. The zero-order valence-corrected chi connectivity index (χ0v) is 10.8. The van der Waals surface area contributed by atoms with Crippen molar-refractivity contribution >= 4 is 5.69 Å². The van der Waals surface area contributed by atoms with E-state index in [9.17, 15) is 0 Å². The second-order valence-electron chi connectivity index (χ2n) is 4.39. The molecule has 2 aromatic rings. The summed E-state index contributed by atoms with van der Waals surface area (Å²) in [5.41, 5.74) is 10.3. The molecule has 0 radical (unpaired) electrons. The number of benzene rings is 1. The predicted molar refractivity (Wildman–Crippen MR) is 73.8 cm³/mol. The number of nitrogens with zero attached hydrogens (tertiary/aromatic N) is 1. The quantitative estimate of drug-likeness (QED) is 0.896. The number of aryl methyl sites for hydroxylation is 3. The van der Waals surface area contributed by atoms with Crippen LogP contribution in [0.15, 0.2) is 36.7 Å². The highest BCUT2D eigenvalue weighted by atomic mass is 16.5. The molecule has 0 saturated heterocycles. The summed E-state index contributed by atoms with van der Waals surface area (Å²) in [5.74, 6) is 0.933. The zero-order valence-electron chi connectivity index (χ0n) is 10.8. The van der Waals surface area contributed by atoms with Crippen molar-refractivity contribution in [2.24, 2.45) is 0 Å². The normalized spacial score (nSPS) is 10.3. The van der Waals surface area contributed by atoms with Crippen molar-refractivity contribution in [3.05, 3.63) is 53.3 Å². The number of methoxy groups -OCH3 is 1. The molecule has 2 N–H and O–H groups in total. The Morgan fingerprint density at radius 2 is 1.94 bits per heavy atom. The van der Waals surface area contributed by atoms with Crippen LogP contribution < -0.4 is 10.5 Å². The van der Waals surface area contributed by atoms with Gasteiger partial charge in [-0.3, -0.25) is 4.98 Å². The molecule has 0 aliphatic carbocycles. The summed E-state index contributed by atoms with van der Waals surface area (Å²) in [5, 5.41) is 0. The van der Waals surface area contributed by atoms with Gasteiger partial charge in [-0.1, -0.05) is 17.7 Å². The monoisotopic (exact) mass is 242 g/mol. The van der Waals surface area contributed by atoms with Crippen molar-refractivity contribution < 1.29 is 4.74 Å². The third-order valence-corrected chi connectivity index (χ3v) is 3.04. The molecule has 0 atom stereocenters. The average Bonchev–Trinajstić information content (AvgIpc) is 2.38. The molecule has 0 aliphatic rings. The zero-order chi connectivity index (χ0) is 13.0. The number of rotatable bonds is 4. The van der Waals surface area contributed by atoms with E-state index in [0.717, 1.165) is 29.8 Å². The van der Waals surface area contributed by atoms with Gasteiger partial charge in [-0.15, -0.1) is 0 Å². The predicted octanol–water partition coefficient (Wildman–Crippen LogP) is 2.77. The van der Waals surface area contributed by atoms with Crippen molar-refractivity contribution in [2.75, 3.05) is 12.8 Å². The van der Waals surface area contributed by atoms with Gasteiger partial charge in [0.15, 0.2) is 0 Å². The van der Waals surface area contributed by atoms with Crippen LogP contribution in [0.5, 0.6) is 5.75 Å². The maximum Gasteiger partial charge on any atom is 0.122 e. The van der Waals surface area contributed by atoms with Gasteiger partial charge in [0.05, 0.1) is 7.11 Å². The molecule has 2 rings (SSSR count). The van der Waals surface area contributed by atoms with Crippen molar-refractivity contribution in [2.45, 2.75) is 19.8 Å². The van der Waals surface area contributed by atoms with Crippen molar-refractivity contribution in [1.29, 1.82) is 0 Å². The molecule has 0 amide bonds. The number of nitrogen functional groups attached to an aromatic ring is 1. The molecule has 94 valence electrons. The van der Waals surface area contributed by atoms with Gasteiger partial charge in [-0.05, 0) is 43.0 Å². The summed E-state index contributed by atoms with van der Waals surface area (Å²) >= 11 is 0. The van der Waals surface area contributed by atoms with E-state index >= 15 is 0 Å². The largest absolute Gasteiger partial charge is 0.496 e. The molecule has 0 saturated carbocycles. The Morgan fingerprint density at radius 3 is 2.67 bits per heavy atom. The molecule has 1 aromatic heterocycles. The lowest BCUT2D eigenvalue weighted by atomic mass is 10.0. The number of hydrogen-bond donors (Lipinski definition) is 1. The van der Waals surface area contributed by atoms with Crippen LogP contribution in [0.2, 0.25) is 0 Å². The first kappa shape index (κ1) is 12.4. The van der Waals surface area contributed by atoms with Crippen molar-refractivity contribution in [1.82, 2.24) is 4.98 Å². The minimum atomic E-state index is 0.802. The first-order chi connectivity index (χ1) is 8.70. The van der Waals surface area contributed by atoms with Crippen LogP contribution in [-0.2, 0) is 12.8 Å². The summed E-state index contributed by atoms with van der Waals surface area (Å²) in [6, 6.07) is 8.06. The van der Waals surface area contributed by atoms with Crippen LogP contribution in [0.4, 0.5) is 5.69 Å². The van der Waals surface area contributed by atoms with Gasteiger partial charge >= 0.3 is 0 Å². The standard InChI is InChI=1S/C15H18N2O/c1-11-3-6-15(18-2)12(9-11)4-5-13-10-17-8-7-14(13)16/h3,6-10H,4-5H2,1-2H3,(H2,16,17). The Bertz CT molecular complexity index is 538. The number of anilines is 1. The fraction of sp³-hybridized carbons (Fsp3) is 0.267. The van der Waals surface area contributed by atoms with Crippen LogP contribution >= 0.6 is 0 Å². The van der Waals surface area contributed by atoms with Crippen LogP contribution in [0.3, 0.4) is 0 Å². The average molecular weight is 242 g/mol. The summed E-state index contributed by atoms with van der Waals surface area (Å²) in [4.78, 5) is 4.11. The van der Waals surface area contributed by atoms with E-state index in [4.69, 9.17) is 10.5 Å².